The Morgan fingerprint density at radius 2 is 1.80 bits per heavy atom. The van der Waals surface area contributed by atoms with Gasteiger partial charge in [-0.3, -0.25) is 14.5 Å². The summed E-state index contributed by atoms with van der Waals surface area (Å²) in [5, 5.41) is 3.26. The lowest BCUT2D eigenvalue weighted by molar-refractivity contribution is -0.132. The molecule has 2 fully saturated rings. The van der Waals surface area contributed by atoms with Gasteiger partial charge >= 0.3 is 0 Å². The van der Waals surface area contributed by atoms with Gasteiger partial charge in [-0.05, 0) is 37.6 Å². The maximum absolute atomic E-state index is 13.2. The van der Waals surface area contributed by atoms with Gasteiger partial charge in [0.15, 0.2) is 0 Å². The monoisotopic (exact) mass is 418 g/mol. The Bertz CT molecular complexity index is 670. The number of amides is 2. The van der Waals surface area contributed by atoms with Crippen molar-refractivity contribution < 1.29 is 19.1 Å². The van der Waals surface area contributed by atoms with Crippen molar-refractivity contribution in [2.24, 2.45) is 0 Å². The van der Waals surface area contributed by atoms with E-state index in [2.05, 4.69) is 10.2 Å². The van der Waals surface area contributed by atoms with Crippen LogP contribution in [0.4, 0.5) is 0 Å². The van der Waals surface area contributed by atoms with Crippen molar-refractivity contribution in [3.63, 3.8) is 0 Å². The van der Waals surface area contributed by atoms with Crippen molar-refractivity contribution in [3.05, 3.63) is 29.8 Å². The minimum atomic E-state index is -0.108. The van der Waals surface area contributed by atoms with E-state index in [-0.39, 0.29) is 18.4 Å². The van der Waals surface area contributed by atoms with Crippen molar-refractivity contribution >= 4 is 11.8 Å². The Kier molecular flexibility index (Phi) is 8.92. The third-order valence-electron chi connectivity index (χ3n) is 5.50. The number of morpholine rings is 1. The summed E-state index contributed by atoms with van der Waals surface area (Å²) >= 11 is 0. The molecule has 0 atom stereocenters. The lowest BCUT2D eigenvalue weighted by Crippen LogP contribution is -2.50. The third kappa shape index (κ3) is 6.68. The minimum absolute atomic E-state index is 0.0159. The zero-order valence-corrected chi connectivity index (χ0v) is 18.0. The number of hydrogen-bond donors (Lipinski definition) is 1. The Hall–Kier alpha value is -2.16. The van der Waals surface area contributed by atoms with E-state index in [1.165, 1.54) is 0 Å². The van der Waals surface area contributed by atoms with Gasteiger partial charge in [0, 0.05) is 57.9 Å². The van der Waals surface area contributed by atoms with Crippen molar-refractivity contribution in [1.29, 1.82) is 0 Å². The molecule has 8 heteroatoms. The van der Waals surface area contributed by atoms with Crippen LogP contribution in [0.1, 0.15) is 23.7 Å². The molecule has 1 N–H and O–H groups in total. The number of hydrogen-bond acceptors (Lipinski definition) is 6. The quantitative estimate of drug-likeness (QED) is 0.636. The molecular weight excluding hydrogens is 384 g/mol. The number of nitrogens with one attached hydrogen (secondary N) is 1. The summed E-state index contributed by atoms with van der Waals surface area (Å²) < 4.78 is 10.9. The van der Waals surface area contributed by atoms with Crippen LogP contribution in [0.15, 0.2) is 24.3 Å². The molecule has 0 aliphatic carbocycles. The largest absolute Gasteiger partial charge is 0.494 e. The topological polar surface area (TPSA) is 74.4 Å². The molecule has 0 aromatic heterocycles. The molecule has 0 unspecified atom stereocenters. The van der Waals surface area contributed by atoms with Crippen LogP contribution in [0.5, 0.6) is 5.75 Å². The predicted molar refractivity (Wildman–Crippen MR) is 115 cm³/mol. The van der Waals surface area contributed by atoms with Crippen molar-refractivity contribution in [2.75, 3.05) is 78.7 Å². The number of piperazine rings is 1. The summed E-state index contributed by atoms with van der Waals surface area (Å²) in [7, 11) is 0. The molecule has 30 heavy (non-hydrogen) atoms. The van der Waals surface area contributed by atoms with E-state index in [4.69, 9.17) is 9.47 Å². The normalized spacial score (nSPS) is 17.6. The molecule has 0 radical (unpaired) electrons. The zero-order valence-electron chi connectivity index (χ0n) is 18.0. The number of carbonyl (C=O) groups is 2. The van der Waals surface area contributed by atoms with Gasteiger partial charge in [0.2, 0.25) is 5.91 Å². The van der Waals surface area contributed by atoms with Gasteiger partial charge in [0.05, 0.1) is 19.8 Å². The summed E-state index contributed by atoms with van der Waals surface area (Å²) in [5.74, 6) is 0.649. The average molecular weight is 419 g/mol. The summed E-state index contributed by atoms with van der Waals surface area (Å²) in [6, 6.07) is 7.16. The standard InChI is InChI=1S/C22H34N4O4/c1-2-30-20-6-4-19(5-7-20)22(28)26(11-3-10-24-14-16-29-17-15-24)18-21(27)25-12-8-23-9-13-25/h4-7,23H,2-3,8-18H2,1H3. The second kappa shape index (κ2) is 11.9. The van der Waals surface area contributed by atoms with Crippen molar-refractivity contribution in [3.8, 4) is 5.75 Å². The van der Waals surface area contributed by atoms with E-state index in [9.17, 15) is 9.59 Å². The fourth-order valence-corrected chi connectivity index (χ4v) is 3.78. The molecule has 1 aromatic carbocycles. The van der Waals surface area contributed by atoms with Gasteiger partial charge in [-0.2, -0.15) is 0 Å². The van der Waals surface area contributed by atoms with Gasteiger partial charge in [0.25, 0.3) is 5.91 Å². The highest BCUT2D eigenvalue weighted by atomic mass is 16.5. The van der Waals surface area contributed by atoms with E-state index in [1.807, 2.05) is 11.8 Å². The molecule has 0 spiro atoms. The van der Waals surface area contributed by atoms with E-state index >= 15 is 0 Å². The van der Waals surface area contributed by atoms with Crippen LogP contribution in [0.25, 0.3) is 0 Å². The first-order valence-electron chi connectivity index (χ1n) is 11.0. The van der Waals surface area contributed by atoms with Crippen molar-refractivity contribution in [1.82, 2.24) is 20.0 Å². The maximum Gasteiger partial charge on any atom is 0.254 e. The van der Waals surface area contributed by atoms with Gasteiger partial charge in [0.1, 0.15) is 12.3 Å². The summed E-state index contributed by atoms with van der Waals surface area (Å²) in [6.45, 7) is 10.4. The summed E-state index contributed by atoms with van der Waals surface area (Å²) in [4.78, 5) is 31.9. The molecule has 0 saturated carbocycles. The second-order valence-corrected chi connectivity index (χ2v) is 7.62. The first-order valence-corrected chi connectivity index (χ1v) is 11.0. The van der Waals surface area contributed by atoms with Crippen molar-refractivity contribution in [2.45, 2.75) is 13.3 Å². The number of nitrogens with zero attached hydrogens (tertiary/aromatic N) is 3. The highest BCUT2D eigenvalue weighted by Crippen LogP contribution is 2.14. The van der Waals surface area contributed by atoms with Crippen LogP contribution in [0.2, 0.25) is 0 Å². The molecule has 2 aliphatic heterocycles. The van der Waals surface area contributed by atoms with Crippen LogP contribution < -0.4 is 10.1 Å². The highest BCUT2D eigenvalue weighted by Gasteiger charge is 2.23. The summed E-state index contributed by atoms with van der Waals surface area (Å²) in [5.41, 5.74) is 0.581. The molecule has 0 bridgehead atoms. The molecule has 2 saturated heterocycles. The van der Waals surface area contributed by atoms with Crippen LogP contribution in [-0.4, -0.2) is 105 Å². The number of ether oxygens (including phenoxy) is 2. The third-order valence-corrected chi connectivity index (χ3v) is 5.50. The SMILES string of the molecule is CCOc1ccc(C(=O)N(CCCN2CCOCC2)CC(=O)N2CCNCC2)cc1. The smallest absolute Gasteiger partial charge is 0.254 e. The molecule has 166 valence electrons. The summed E-state index contributed by atoms with van der Waals surface area (Å²) in [6.07, 6.45) is 0.831. The lowest BCUT2D eigenvalue weighted by Gasteiger charge is -2.31. The molecule has 2 aliphatic rings. The zero-order chi connectivity index (χ0) is 21.2. The molecule has 8 nitrogen and oxygen atoms in total. The lowest BCUT2D eigenvalue weighted by atomic mass is 10.1. The maximum atomic E-state index is 13.2. The van der Waals surface area contributed by atoms with E-state index in [0.717, 1.165) is 58.1 Å². The molecule has 2 heterocycles. The number of carbonyl (C=O) groups excluding carboxylic acids is 2. The minimum Gasteiger partial charge on any atom is -0.494 e. The van der Waals surface area contributed by atoms with Gasteiger partial charge in [-0.25, -0.2) is 0 Å². The van der Waals surface area contributed by atoms with Crippen LogP contribution in [0.3, 0.4) is 0 Å². The fraction of sp³-hybridized carbons (Fsp3) is 0.636. The first-order chi connectivity index (χ1) is 14.7. The van der Waals surface area contributed by atoms with E-state index in [0.29, 0.717) is 31.8 Å². The number of benzene rings is 1. The first kappa shape index (κ1) is 22.5. The van der Waals surface area contributed by atoms with E-state index in [1.54, 1.807) is 29.2 Å². The Morgan fingerprint density at radius 1 is 1.10 bits per heavy atom. The highest BCUT2D eigenvalue weighted by molar-refractivity contribution is 5.96. The Morgan fingerprint density at radius 3 is 2.47 bits per heavy atom. The predicted octanol–water partition coefficient (Wildman–Crippen LogP) is 0.682. The number of rotatable bonds is 9. The van der Waals surface area contributed by atoms with Gasteiger partial charge in [-0.15, -0.1) is 0 Å². The second-order valence-electron chi connectivity index (χ2n) is 7.62. The van der Waals surface area contributed by atoms with Crippen LogP contribution >= 0.6 is 0 Å². The van der Waals surface area contributed by atoms with Crippen LogP contribution in [0, 0.1) is 0 Å². The van der Waals surface area contributed by atoms with Gasteiger partial charge < -0.3 is 24.6 Å². The Balaban J connectivity index is 1.61. The van der Waals surface area contributed by atoms with E-state index < -0.39 is 0 Å². The fourth-order valence-electron chi connectivity index (χ4n) is 3.78. The van der Waals surface area contributed by atoms with Crippen LogP contribution in [-0.2, 0) is 9.53 Å². The Labute approximate surface area is 179 Å². The molecule has 3 rings (SSSR count). The molecule has 2 amide bonds. The average Bonchev–Trinajstić information content (AvgIpc) is 2.80. The van der Waals surface area contributed by atoms with Gasteiger partial charge in [-0.1, -0.05) is 0 Å². The molecule has 1 aromatic rings. The molecular formula is C22H34N4O4.